The van der Waals surface area contributed by atoms with Crippen LogP contribution in [0.4, 0.5) is 0 Å². The lowest BCUT2D eigenvalue weighted by atomic mass is 10.2. The predicted molar refractivity (Wildman–Crippen MR) is 60.5 cm³/mol. The van der Waals surface area contributed by atoms with Crippen LogP contribution in [0.1, 0.15) is 5.56 Å². The number of nitrogens with zero attached hydrogens (tertiary/aromatic N) is 2. The van der Waals surface area contributed by atoms with Crippen molar-refractivity contribution < 1.29 is 0 Å². The molecule has 0 bridgehead atoms. The highest BCUT2D eigenvalue weighted by molar-refractivity contribution is 9.10. The molecular weight excluding hydrogens is 242 g/mol. The molecule has 0 radical (unpaired) electrons. The van der Waals surface area contributed by atoms with E-state index in [4.69, 9.17) is 0 Å². The number of likely N-dealkylation sites (N-methyl/N-ethyl adjacent to an activating group) is 1. The number of pyridine rings is 1. The fraction of sp³-hybridized carbons (Fsp3) is 0.300. The molecule has 0 spiro atoms. The Labute approximate surface area is 91.2 Å². The van der Waals surface area contributed by atoms with Crippen molar-refractivity contribution in [3.05, 3.63) is 34.6 Å². The molecule has 2 aromatic rings. The molecule has 2 heterocycles. The molecule has 3 nitrogen and oxygen atoms in total. The van der Waals surface area contributed by atoms with Gasteiger partial charge in [0.05, 0.1) is 11.7 Å². The van der Waals surface area contributed by atoms with Gasteiger partial charge in [0.1, 0.15) is 0 Å². The second kappa shape index (κ2) is 4.11. The molecule has 0 aliphatic heterocycles. The number of hydrogen-bond acceptors (Lipinski definition) is 2. The average Bonchev–Trinajstić information content (AvgIpc) is 2.57. The monoisotopic (exact) mass is 253 g/mol. The number of fused-ring (bicyclic) bond motifs is 1. The number of rotatable bonds is 3. The molecule has 2 aromatic heterocycles. The number of hydrogen-bond donors (Lipinski definition) is 1. The Bertz CT molecular complexity index is 436. The fourth-order valence-electron chi connectivity index (χ4n) is 1.46. The summed E-state index contributed by atoms with van der Waals surface area (Å²) >= 11 is 3.46. The second-order valence-electron chi connectivity index (χ2n) is 3.20. The minimum Gasteiger partial charge on any atom is -0.319 e. The van der Waals surface area contributed by atoms with E-state index in [2.05, 4.69) is 32.4 Å². The summed E-state index contributed by atoms with van der Waals surface area (Å²) in [5.74, 6) is 0. The summed E-state index contributed by atoms with van der Waals surface area (Å²) in [6.07, 6.45) is 4.90. The molecule has 74 valence electrons. The second-order valence-corrected chi connectivity index (χ2v) is 4.11. The summed E-state index contributed by atoms with van der Waals surface area (Å²) in [5.41, 5.74) is 2.45. The first-order valence-electron chi connectivity index (χ1n) is 4.57. The van der Waals surface area contributed by atoms with Crippen molar-refractivity contribution in [2.24, 2.45) is 0 Å². The molecule has 0 fully saturated rings. The van der Waals surface area contributed by atoms with E-state index in [0.29, 0.717) is 0 Å². The van der Waals surface area contributed by atoms with E-state index in [0.717, 1.165) is 17.4 Å². The van der Waals surface area contributed by atoms with Crippen LogP contribution in [-0.4, -0.2) is 23.2 Å². The lowest BCUT2D eigenvalue weighted by Gasteiger charge is -1.98. The summed E-state index contributed by atoms with van der Waals surface area (Å²) in [4.78, 5) is 0. The van der Waals surface area contributed by atoms with Crippen molar-refractivity contribution in [1.82, 2.24) is 14.9 Å². The van der Waals surface area contributed by atoms with E-state index in [9.17, 15) is 0 Å². The Morgan fingerprint density at radius 2 is 2.43 bits per heavy atom. The van der Waals surface area contributed by atoms with Crippen molar-refractivity contribution in [1.29, 1.82) is 0 Å². The van der Waals surface area contributed by atoms with Crippen molar-refractivity contribution in [2.45, 2.75) is 6.42 Å². The summed E-state index contributed by atoms with van der Waals surface area (Å²) in [6, 6.07) is 4.08. The molecule has 0 amide bonds. The zero-order valence-electron chi connectivity index (χ0n) is 8.00. The first-order valence-corrected chi connectivity index (χ1v) is 5.37. The maximum Gasteiger partial charge on any atom is 0.0705 e. The zero-order valence-corrected chi connectivity index (χ0v) is 9.58. The quantitative estimate of drug-likeness (QED) is 0.905. The Balaban J connectivity index is 2.40. The third kappa shape index (κ3) is 1.81. The number of halogens is 1. The van der Waals surface area contributed by atoms with Gasteiger partial charge in [-0.15, -0.1) is 0 Å². The molecule has 0 aliphatic carbocycles. The maximum absolute atomic E-state index is 4.28. The topological polar surface area (TPSA) is 29.3 Å². The van der Waals surface area contributed by atoms with Gasteiger partial charge in [0.25, 0.3) is 0 Å². The molecule has 0 aliphatic rings. The summed E-state index contributed by atoms with van der Waals surface area (Å²) in [5, 5.41) is 7.42. The van der Waals surface area contributed by atoms with Crippen LogP contribution in [0.15, 0.2) is 29.0 Å². The van der Waals surface area contributed by atoms with E-state index in [1.807, 2.05) is 30.0 Å². The normalized spacial score (nSPS) is 11.0. The largest absolute Gasteiger partial charge is 0.319 e. The van der Waals surface area contributed by atoms with Crippen molar-refractivity contribution in [2.75, 3.05) is 13.6 Å². The molecule has 0 saturated heterocycles. The highest BCUT2D eigenvalue weighted by atomic mass is 79.9. The Morgan fingerprint density at radius 1 is 1.57 bits per heavy atom. The highest BCUT2D eigenvalue weighted by Gasteiger charge is 2.03. The first kappa shape index (κ1) is 9.68. The fourth-order valence-corrected chi connectivity index (χ4v) is 1.79. The maximum atomic E-state index is 4.28. The zero-order chi connectivity index (χ0) is 9.97. The van der Waals surface area contributed by atoms with Gasteiger partial charge in [0.15, 0.2) is 0 Å². The summed E-state index contributed by atoms with van der Waals surface area (Å²) in [7, 11) is 1.96. The molecule has 0 aromatic carbocycles. The van der Waals surface area contributed by atoms with Gasteiger partial charge in [0.2, 0.25) is 0 Å². The SMILES string of the molecule is CNCCc1cnn2ccc(Br)cc12. The van der Waals surface area contributed by atoms with E-state index >= 15 is 0 Å². The third-order valence-corrected chi connectivity index (χ3v) is 2.70. The van der Waals surface area contributed by atoms with Gasteiger partial charge in [-0.2, -0.15) is 5.10 Å². The lowest BCUT2D eigenvalue weighted by Crippen LogP contribution is -2.09. The van der Waals surface area contributed by atoms with Crippen LogP contribution in [0.25, 0.3) is 5.52 Å². The molecule has 1 N–H and O–H groups in total. The van der Waals surface area contributed by atoms with Gasteiger partial charge in [-0.25, -0.2) is 4.52 Å². The average molecular weight is 254 g/mol. The highest BCUT2D eigenvalue weighted by Crippen LogP contribution is 2.16. The van der Waals surface area contributed by atoms with Crippen molar-refractivity contribution in [3.63, 3.8) is 0 Å². The van der Waals surface area contributed by atoms with Gasteiger partial charge < -0.3 is 5.32 Å². The van der Waals surface area contributed by atoms with E-state index in [1.165, 1.54) is 11.1 Å². The van der Waals surface area contributed by atoms with Gasteiger partial charge in [-0.1, -0.05) is 15.9 Å². The smallest absolute Gasteiger partial charge is 0.0705 e. The number of aromatic nitrogens is 2. The van der Waals surface area contributed by atoms with E-state index < -0.39 is 0 Å². The van der Waals surface area contributed by atoms with Crippen LogP contribution in [0.3, 0.4) is 0 Å². The minimum atomic E-state index is 0.980. The van der Waals surface area contributed by atoms with Gasteiger partial charge >= 0.3 is 0 Å². The lowest BCUT2D eigenvalue weighted by molar-refractivity contribution is 0.795. The first-order chi connectivity index (χ1) is 6.81. The standard InChI is InChI=1S/C10H12BrN3/c1-12-4-2-8-7-13-14-5-3-9(11)6-10(8)14/h3,5-7,12H,2,4H2,1H3. The van der Waals surface area contributed by atoms with Crippen LogP contribution in [-0.2, 0) is 6.42 Å². The Hall–Kier alpha value is -0.870. The molecule has 0 unspecified atom stereocenters. The van der Waals surface area contributed by atoms with Crippen LogP contribution in [0.2, 0.25) is 0 Å². The molecular formula is C10H12BrN3. The van der Waals surface area contributed by atoms with Crippen LogP contribution >= 0.6 is 15.9 Å². The third-order valence-electron chi connectivity index (χ3n) is 2.21. The molecule has 4 heteroatoms. The summed E-state index contributed by atoms with van der Waals surface area (Å²) < 4.78 is 2.99. The predicted octanol–water partition coefficient (Wildman–Crippen LogP) is 1.86. The van der Waals surface area contributed by atoms with Crippen LogP contribution in [0.5, 0.6) is 0 Å². The van der Waals surface area contributed by atoms with Crippen molar-refractivity contribution >= 4 is 21.4 Å². The van der Waals surface area contributed by atoms with Crippen molar-refractivity contribution in [3.8, 4) is 0 Å². The minimum absolute atomic E-state index is 0.980. The molecule has 0 saturated carbocycles. The van der Waals surface area contributed by atoms with Gasteiger partial charge in [-0.3, -0.25) is 0 Å². The molecule has 0 atom stereocenters. The Morgan fingerprint density at radius 3 is 3.21 bits per heavy atom. The van der Waals surface area contributed by atoms with Crippen LogP contribution < -0.4 is 5.32 Å². The molecule has 2 rings (SSSR count). The number of nitrogens with one attached hydrogen (secondary N) is 1. The van der Waals surface area contributed by atoms with E-state index in [-0.39, 0.29) is 0 Å². The van der Waals surface area contributed by atoms with Gasteiger partial charge in [-0.05, 0) is 37.7 Å². The molecule has 14 heavy (non-hydrogen) atoms. The van der Waals surface area contributed by atoms with Gasteiger partial charge in [0, 0.05) is 10.7 Å². The summed E-state index contributed by atoms with van der Waals surface area (Å²) in [6.45, 7) is 0.980. The Kier molecular flexibility index (Phi) is 2.84. The van der Waals surface area contributed by atoms with E-state index in [1.54, 1.807) is 0 Å². The van der Waals surface area contributed by atoms with Crippen LogP contribution in [0, 0.1) is 0 Å².